The van der Waals surface area contributed by atoms with E-state index in [9.17, 15) is 19.5 Å². The normalized spacial score (nSPS) is 20.4. The van der Waals surface area contributed by atoms with Crippen molar-refractivity contribution in [3.8, 4) is 0 Å². The Hall–Kier alpha value is -1.85. The minimum absolute atomic E-state index is 0.0452. The van der Waals surface area contributed by atoms with Gasteiger partial charge >= 0.3 is 5.97 Å². The number of carbonyl (C=O) groups is 3. The summed E-state index contributed by atoms with van der Waals surface area (Å²) in [5.41, 5.74) is 0. The van der Waals surface area contributed by atoms with Gasteiger partial charge in [0.05, 0.1) is 5.92 Å². The number of carboxylic acids is 1. The van der Waals surface area contributed by atoms with Crippen LogP contribution < -0.4 is 5.32 Å². The summed E-state index contributed by atoms with van der Waals surface area (Å²) < 4.78 is 0. The maximum Gasteiger partial charge on any atom is 0.326 e. The minimum atomic E-state index is -1.04. The van der Waals surface area contributed by atoms with E-state index in [0.29, 0.717) is 32.4 Å². The molecule has 1 heterocycles. The summed E-state index contributed by atoms with van der Waals surface area (Å²) in [7, 11) is 0. The lowest BCUT2D eigenvalue weighted by molar-refractivity contribution is -0.144. The maximum absolute atomic E-state index is 12.3. The number of rotatable bonds is 8. The fourth-order valence-corrected chi connectivity index (χ4v) is 2.71. The molecule has 2 N–H and O–H groups in total. The summed E-state index contributed by atoms with van der Waals surface area (Å²) >= 11 is 0. The zero-order valence-corrected chi connectivity index (χ0v) is 14.1. The van der Waals surface area contributed by atoms with Crippen LogP contribution in [0.2, 0.25) is 0 Å². The highest BCUT2D eigenvalue weighted by Crippen LogP contribution is 2.20. The Labute approximate surface area is 137 Å². The molecule has 3 atom stereocenters. The van der Waals surface area contributed by atoms with Gasteiger partial charge in [0.1, 0.15) is 6.04 Å². The number of carboxylic acid groups (broad SMARTS) is 1. The second kappa shape index (κ2) is 9.33. The lowest BCUT2D eigenvalue weighted by Crippen LogP contribution is -2.50. The topological polar surface area (TPSA) is 86.7 Å². The van der Waals surface area contributed by atoms with Gasteiger partial charge in [-0.15, -0.1) is 6.58 Å². The van der Waals surface area contributed by atoms with Gasteiger partial charge in [-0.25, -0.2) is 4.79 Å². The van der Waals surface area contributed by atoms with Crippen molar-refractivity contribution in [1.29, 1.82) is 0 Å². The third-order valence-electron chi connectivity index (χ3n) is 4.41. The lowest BCUT2D eigenvalue weighted by Gasteiger charge is -2.34. The molecule has 1 fully saturated rings. The third kappa shape index (κ3) is 5.69. The number of piperidine rings is 1. The average molecular weight is 324 g/mol. The Morgan fingerprint density at radius 3 is 2.70 bits per heavy atom. The summed E-state index contributed by atoms with van der Waals surface area (Å²) in [5, 5.41) is 11.8. The minimum Gasteiger partial charge on any atom is -0.480 e. The van der Waals surface area contributed by atoms with E-state index in [-0.39, 0.29) is 23.7 Å². The molecule has 6 nitrogen and oxygen atoms in total. The van der Waals surface area contributed by atoms with Crippen LogP contribution in [0.4, 0.5) is 0 Å². The van der Waals surface area contributed by atoms with Gasteiger partial charge in [-0.1, -0.05) is 19.9 Å². The van der Waals surface area contributed by atoms with Crippen molar-refractivity contribution < 1.29 is 19.5 Å². The summed E-state index contributed by atoms with van der Waals surface area (Å²) in [6, 6.07) is -0.902. The van der Waals surface area contributed by atoms with Crippen LogP contribution in [-0.2, 0) is 14.4 Å². The van der Waals surface area contributed by atoms with E-state index in [4.69, 9.17) is 0 Å². The molecule has 3 unspecified atom stereocenters. The summed E-state index contributed by atoms with van der Waals surface area (Å²) in [4.78, 5) is 37.6. The van der Waals surface area contributed by atoms with Crippen molar-refractivity contribution >= 4 is 17.8 Å². The molecule has 1 rings (SSSR count). The monoisotopic (exact) mass is 324 g/mol. The Morgan fingerprint density at radius 2 is 2.13 bits per heavy atom. The van der Waals surface area contributed by atoms with Crippen LogP contribution in [0.1, 0.15) is 46.0 Å². The van der Waals surface area contributed by atoms with E-state index in [1.807, 2.05) is 13.8 Å². The van der Waals surface area contributed by atoms with E-state index >= 15 is 0 Å². The third-order valence-corrected chi connectivity index (χ3v) is 4.41. The van der Waals surface area contributed by atoms with Crippen LogP contribution in [-0.4, -0.2) is 46.9 Å². The van der Waals surface area contributed by atoms with Crippen molar-refractivity contribution in [3.63, 3.8) is 0 Å². The van der Waals surface area contributed by atoms with Crippen LogP contribution in [0, 0.1) is 11.8 Å². The Bertz CT molecular complexity index is 450. The maximum atomic E-state index is 12.3. The average Bonchev–Trinajstić information content (AvgIpc) is 2.56. The standard InChI is InChI=1S/C17H28N2O4/c1-4-6-9-14(17(22)23)18-15(20)13-8-7-10-19(11-13)16(21)12(3)5-2/h4,12-14H,1,5-11H2,2-3H3,(H,18,20)(H,22,23). The van der Waals surface area contributed by atoms with Gasteiger partial charge in [0.15, 0.2) is 0 Å². The molecule has 0 bridgehead atoms. The molecule has 0 spiro atoms. The van der Waals surface area contributed by atoms with Crippen molar-refractivity contribution in [2.45, 2.75) is 52.0 Å². The van der Waals surface area contributed by atoms with Crippen LogP contribution >= 0.6 is 0 Å². The van der Waals surface area contributed by atoms with Gasteiger partial charge in [0.25, 0.3) is 0 Å². The molecule has 23 heavy (non-hydrogen) atoms. The van der Waals surface area contributed by atoms with E-state index in [0.717, 1.165) is 12.8 Å². The zero-order valence-electron chi connectivity index (χ0n) is 14.1. The molecule has 0 aromatic rings. The number of hydrogen-bond acceptors (Lipinski definition) is 3. The van der Waals surface area contributed by atoms with Crippen molar-refractivity contribution in [2.75, 3.05) is 13.1 Å². The number of allylic oxidation sites excluding steroid dienone is 1. The summed E-state index contributed by atoms with van der Waals surface area (Å²) in [5.74, 6) is -1.61. The first-order valence-corrected chi connectivity index (χ1v) is 8.33. The number of carbonyl (C=O) groups excluding carboxylic acids is 2. The van der Waals surface area contributed by atoms with Crippen LogP contribution in [0.3, 0.4) is 0 Å². The molecule has 1 aliphatic heterocycles. The quantitative estimate of drug-likeness (QED) is 0.667. The fourth-order valence-electron chi connectivity index (χ4n) is 2.71. The molecule has 1 saturated heterocycles. The molecular formula is C17H28N2O4. The first-order chi connectivity index (χ1) is 10.9. The summed E-state index contributed by atoms with van der Waals surface area (Å²) in [6.45, 7) is 8.47. The highest BCUT2D eigenvalue weighted by molar-refractivity contribution is 5.86. The Balaban J connectivity index is 2.62. The second-order valence-corrected chi connectivity index (χ2v) is 6.20. The highest BCUT2D eigenvalue weighted by Gasteiger charge is 2.31. The first-order valence-electron chi connectivity index (χ1n) is 8.33. The molecule has 0 aliphatic carbocycles. The number of nitrogens with zero attached hydrogens (tertiary/aromatic N) is 1. The summed E-state index contributed by atoms with van der Waals surface area (Å²) in [6.07, 6.45) is 4.71. The molecule has 0 aromatic heterocycles. The van der Waals surface area contributed by atoms with E-state index < -0.39 is 12.0 Å². The van der Waals surface area contributed by atoms with Gasteiger partial charge in [0, 0.05) is 19.0 Å². The predicted octanol–water partition coefficient (Wildman–Crippen LogP) is 1.81. The molecule has 0 aromatic carbocycles. The number of amides is 2. The molecule has 1 aliphatic rings. The smallest absolute Gasteiger partial charge is 0.326 e. The number of hydrogen-bond donors (Lipinski definition) is 2. The number of nitrogens with one attached hydrogen (secondary N) is 1. The lowest BCUT2D eigenvalue weighted by atomic mass is 9.95. The zero-order chi connectivity index (χ0) is 17.4. The number of likely N-dealkylation sites (tertiary alicyclic amines) is 1. The first kappa shape index (κ1) is 19.2. The Morgan fingerprint density at radius 1 is 1.43 bits per heavy atom. The highest BCUT2D eigenvalue weighted by atomic mass is 16.4. The molecule has 2 amide bonds. The van der Waals surface area contributed by atoms with Gasteiger partial charge in [-0.2, -0.15) is 0 Å². The van der Waals surface area contributed by atoms with Gasteiger partial charge in [0.2, 0.25) is 11.8 Å². The second-order valence-electron chi connectivity index (χ2n) is 6.20. The Kier molecular flexibility index (Phi) is 7.78. The molecule has 130 valence electrons. The molecular weight excluding hydrogens is 296 g/mol. The molecule has 6 heteroatoms. The van der Waals surface area contributed by atoms with E-state index in [2.05, 4.69) is 11.9 Å². The molecule has 0 saturated carbocycles. The number of aliphatic carboxylic acids is 1. The largest absolute Gasteiger partial charge is 0.480 e. The van der Waals surface area contributed by atoms with Crippen molar-refractivity contribution in [3.05, 3.63) is 12.7 Å². The van der Waals surface area contributed by atoms with Gasteiger partial charge in [-0.3, -0.25) is 9.59 Å². The van der Waals surface area contributed by atoms with Crippen LogP contribution in [0.25, 0.3) is 0 Å². The SMILES string of the molecule is C=CCCC(NC(=O)C1CCCN(C(=O)C(C)CC)C1)C(=O)O. The fraction of sp³-hybridized carbons (Fsp3) is 0.706. The van der Waals surface area contributed by atoms with Gasteiger partial charge in [-0.05, 0) is 32.1 Å². The van der Waals surface area contributed by atoms with E-state index in [1.54, 1.807) is 11.0 Å². The van der Waals surface area contributed by atoms with Crippen molar-refractivity contribution in [2.24, 2.45) is 11.8 Å². The van der Waals surface area contributed by atoms with E-state index in [1.165, 1.54) is 0 Å². The van der Waals surface area contributed by atoms with Crippen molar-refractivity contribution in [1.82, 2.24) is 10.2 Å². The predicted molar refractivity (Wildman–Crippen MR) is 87.8 cm³/mol. The van der Waals surface area contributed by atoms with Crippen LogP contribution in [0.15, 0.2) is 12.7 Å². The molecule has 0 radical (unpaired) electrons. The van der Waals surface area contributed by atoms with Gasteiger partial charge < -0.3 is 15.3 Å². The van der Waals surface area contributed by atoms with Crippen LogP contribution in [0.5, 0.6) is 0 Å².